The molecular weight excluding hydrogens is 754 g/mol. The lowest BCUT2D eigenvalue weighted by atomic mass is 9.49. The van der Waals surface area contributed by atoms with Gasteiger partial charge in [-0.2, -0.15) is 0 Å². The summed E-state index contributed by atoms with van der Waals surface area (Å²) in [6.45, 7) is 0. The Kier molecular flexibility index (Phi) is 8.07. The van der Waals surface area contributed by atoms with Crippen LogP contribution in [-0.4, -0.2) is 40.8 Å². The van der Waals surface area contributed by atoms with Crippen molar-refractivity contribution in [1.82, 2.24) is 0 Å². The van der Waals surface area contributed by atoms with Crippen LogP contribution in [0, 0.1) is 33.8 Å². The van der Waals surface area contributed by atoms with Crippen molar-refractivity contribution in [3.8, 4) is 11.5 Å². The Morgan fingerprint density at radius 3 is 2.29 bits per heavy atom. The number of halogens is 2. The topological polar surface area (TPSA) is 147 Å². The number of benzene rings is 4. The molecule has 0 unspecified atom stereocenters. The summed E-state index contributed by atoms with van der Waals surface area (Å²) in [5.74, 6) is -6.20. The largest absolute Gasteiger partial charge is 0.503 e. The van der Waals surface area contributed by atoms with E-state index in [4.69, 9.17) is 16.3 Å². The Hall–Kier alpha value is -5.33. The normalized spacial score (nSPS) is 26.5. The Balaban J connectivity index is 1.36. The smallest absolute Gasteiger partial charge is 0.271 e. The van der Waals surface area contributed by atoms with Crippen LogP contribution < -0.4 is 14.5 Å². The summed E-state index contributed by atoms with van der Waals surface area (Å²) in [6, 6.07) is 24.3. The second-order valence-electron chi connectivity index (χ2n) is 13.4. The molecule has 1 saturated carbocycles. The fourth-order valence-electron chi connectivity index (χ4n) is 9.03. The van der Waals surface area contributed by atoms with E-state index >= 15 is 4.79 Å². The summed E-state index contributed by atoms with van der Waals surface area (Å²) in [5, 5.41) is 22.8. The van der Waals surface area contributed by atoms with E-state index < -0.39 is 63.6 Å². The van der Waals surface area contributed by atoms with E-state index in [9.17, 15) is 29.6 Å². The van der Waals surface area contributed by atoms with Crippen LogP contribution in [-0.2, 0) is 24.6 Å². The molecule has 0 bridgehead atoms. The minimum absolute atomic E-state index is 0.0677. The number of hydrogen-bond donors (Lipinski definition) is 1. The van der Waals surface area contributed by atoms with E-state index in [1.807, 2.05) is 24.3 Å². The van der Waals surface area contributed by atoms with Crippen LogP contribution in [0.4, 0.5) is 17.1 Å². The second kappa shape index (κ2) is 12.4. The number of ether oxygens (including phenoxy) is 1. The highest BCUT2D eigenvalue weighted by atomic mass is 79.9. The number of non-ortho nitro benzene ring substituents is 1. The van der Waals surface area contributed by atoms with Crippen molar-refractivity contribution in [3.05, 3.63) is 133 Å². The molecule has 13 heteroatoms. The van der Waals surface area contributed by atoms with Gasteiger partial charge in [-0.1, -0.05) is 65.7 Å². The van der Waals surface area contributed by atoms with Crippen molar-refractivity contribution in [2.75, 3.05) is 16.9 Å². The fourth-order valence-corrected chi connectivity index (χ4v) is 9.68. The second-order valence-corrected chi connectivity index (χ2v) is 14.7. The summed E-state index contributed by atoms with van der Waals surface area (Å²) in [4.78, 5) is 72.0. The van der Waals surface area contributed by atoms with Crippen LogP contribution in [0.3, 0.4) is 0 Å². The number of imide groups is 2. The molecule has 3 fully saturated rings. The summed E-state index contributed by atoms with van der Waals surface area (Å²) in [5.41, 5.74) is 0.447. The standard InChI is InChI=1S/C39H29BrClN3O8/c1-52-31-16-20(15-30(40)34(31)45)33-26-13-14-27-32(37(48)42(35(27)46)24-11-6-12-25(18-24)44(50)51)28(26)19-29-36(47)43(23-10-5-9-22(41)17-23)38(49)39(29,33)21-7-3-2-4-8-21/h2-13,15-18,27-29,32-33,45H,14,19H2,1H3/t27-,28+,29-,32-,33-,39+/m0/s1. The zero-order chi connectivity index (χ0) is 36.6. The van der Waals surface area contributed by atoms with Gasteiger partial charge in [0.25, 0.3) is 5.69 Å². The number of phenols is 1. The van der Waals surface area contributed by atoms with E-state index in [0.717, 1.165) is 4.90 Å². The van der Waals surface area contributed by atoms with Crippen LogP contribution in [0.1, 0.15) is 29.9 Å². The molecule has 11 nitrogen and oxygen atoms in total. The van der Waals surface area contributed by atoms with Gasteiger partial charge in [-0.05, 0) is 82.2 Å². The molecule has 0 aromatic heterocycles. The van der Waals surface area contributed by atoms with Crippen molar-refractivity contribution >= 4 is 68.2 Å². The number of carbonyl (C=O) groups is 4. The Morgan fingerprint density at radius 1 is 0.885 bits per heavy atom. The lowest BCUT2D eigenvalue weighted by Crippen LogP contribution is -2.53. The van der Waals surface area contributed by atoms with Crippen molar-refractivity contribution in [2.24, 2.45) is 23.7 Å². The molecule has 4 aromatic carbocycles. The zero-order valence-corrected chi connectivity index (χ0v) is 29.8. The number of nitro groups is 1. The molecule has 2 heterocycles. The molecule has 4 aromatic rings. The number of allylic oxidation sites excluding steroid dienone is 2. The number of rotatable bonds is 6. The van der Waals surface area contributed by atoms with Crippen molar-refractivity contribution < 1.29 is 33.9 Å². The molecule has 0 spiro atoms. The Bertz CT molecular complexity index is 2260. The predicted octanol–water partition coefficient (Wildman–Crippen LogP) is 7.09. The first-order chi connectivity index (χ1) is 25.0. The van der Waals surface area contributed by atoms with Gasteiger partial charge in [-0.3, -0.25) is 29.3 Å². The van der Waals surface area contributed by atoms with Crippen LogP contribution in [0.2, 0.25) is 5.02 Å². The lowest BCUT2D eigenvalue weighted by Gasteiger charge is -2.50. The third-order valence-electron chi connectivity index (χ3n) is 11.1. The van der Waals surface area contributed by atoms with Gasteiger partial charge in [0.15, 0.2) is 11.5 Å². The Morgan fingerprint density at radius 2 is 1.60 bits per heavy atom. The fraction of sp³-hybridized carbons (Fsp3) is 0.231. The first-order valence-electron chi connectivity index (χ1n) is 16.6. The minimum atomic E-state index is -1.53. The lowest BCUT2D eigenvalue weighted by molar-refractivity contribution is -0.384. The molecule has 52 heavy (non-hydrogen) atoms. The number of nitro benzene ring substituents is 1. The zero-order valence-electron chi connectivity index (χ0n) is 27.4. The van der Waals surface area contributed by atoms with E-state index in [0.29, 0.717) is 31.9 Å². The molecule has 262 valence electrons. The monoisotopic (exact) mass is 781 g/mol. The van der Waals surface area contributed by atoms with Crippen molar-refractivity contribution in [1.29, 1.82) is 0 Å². The molecule has 1 N–H and O–H groups in total. The first kappa shape index (κ1) is 33.8. The van der Waals surface area contributed by atoms with Gasteiger partial charge in [0.1, 0.15) is 0 Å². The number of nitrogens with zero attached hydrogens (tertiary/aromatic N) is 3. The number of anilines is 2. The highest BCUT2D eigenvalue weighted by Crippen LogP contribution is 2.65. The average molecular weight is 783 g/mol. The number of phenolic OH excluding ortho intramolecular Hbond substituents is 1. The van der Waals surface area contributed by atoms with Crippen molar-refractivity contribution in [2.45, 2.75) is 24.2 Å². The van der Waals surface area contributed by atoms with Gasteiger partial charge in [-0.15, -0.1) is 0 Å². The average Bonchev–Trinajstić information content (AvgIpc) is 3.53. The highest BCUT2D eigenvalue weighted by molar-refractivity contribution is 9.10. The van der Waals surface area contributed by atoms with Crippen LogP contribution in [0.5, 0.6) is 11.5 Å². The maximum absolute atomic E-state index is 15.4. The van der Waals surface area contributed by atoms with Gasteiger partial charge >= 0.3 is 0 Å². The molecule has 2 aliphatic carbocycles. The Labute approximate surface area is 310 Å². The molecule has 4 aliphatic rings. The maximum atomic E-state index is 15.4. The summed E-state index contributed by atoms with van der Waals surface area (Å²) in [7, 11) is 1.41. The number of aromatic hydroxyl groups is 1. The van der Waals surface area contributed by atoms with Crippen LogP contribution in [0.15, 0.2) is 107 Å². The van der Waals surface area contributed by atoms with E-state index in [1.165, 1.54) is 36.3 Å². The molecule has 2 saturated heterocycles. The predicted molar refractivity (Wildman–Crippen MR) is 194 cm³/mol. The SMILES string of the molecule is COc1cc([C@H]2C3=CC[C@@H]4C(=O)N(c5cccc([N+](=O)[O-])c5)C(=O)[C@@H]4[C@@H]3C[C@H]3C(=O)N(c4cccc(Cl)c4)C(=O)[C@@]23c2ccccc2)cc(Br)c1O. The number of hydrogen-bond acceptors (Lipinski definition) is 8. The van der Waals surface area contributed by atoms with E-state index in [-0.39, 0.29) is 35.7 Å². The van der Waals surface area contributed by atoms with Gasteiger partial charge < -0.3 is 9.84 Å². The highest BCUT2D eigenvalue weighted by Gasteiger charge is 2.70. The molecule has 2 aliphatic heterocycles. The first-order valence-corrected chi connectivity index (χ1v) is 17.7. The third-order valence-corrected chi connectivity index (χ3v) is 11.9. The molecular formula is C39H29BrClN3O8. The molecule has 8 rings (SSSR count). The molecule has 4 amide bonds. The number of amides is 4. The number of fused-ring (bicyclic) bond motifs is 4. The van der Waals surface area contributed by atoms with E-state index in [2.05, 4.69) is 15.9 Å². The van der Waals surface area contributed by atoms with Crippen LogP contribution >= 0.6 is 27.5 Å². The molecule has 0 radical (unpaired) electrons. The van der Waals surface area contributed by atoms with Gasteiger partial charge in [0.05, 0.1) is 51.0 Å². The minimum Gasteiger partial charge on any atom is -0.503 e. The summed E-state index contributed by atoms with van der Waals surface area (Å²) >= 11 is 9.84. The van der Waals surface area contributed by atoms with Gasteiger partial charge in [0, 0.05) is 23.1 Å². The van der Waals surface area contributed by atoms with E-state index in [1.54, 1.807) is 48.5 Å². The quantitative estimate of drug-likeness (QED) is 0.0944. The molecule has 6 atom stereocenters. The maximum Gasteiger partial charge on any atom is 0.271 e. The third kappa shape index (κ3) is 4.77. The van der Waals surface area contributed by atoms with Crippen LogP contribution in [0.25, 0.3) is 0 Å². The van der Waals surface area contributed by atoms with Gasteiger partial charge in [-0.25, -0.2) is 9.80 Å². The summed E-state index contributed by atoms with van der Waals surface area (Å²) in [6.07, 6.45) is 2.14. The number of carbonyl (C=O) groups excluding carboxylic acids is 4. The van der Waals surface area contributed by atoms with Crippen molar-refractivity contribution in [3.63, 3.8) is 0 Å². The van der Waals surface area contributed by atoms with Gasteiger partial charge in [0.2, 0.25) is 23.6 Å². The number of methoxy groups -OCH3 is 1. The summed E-state index contributed by atoms with van der Waals surface area (Å²) < 4.78 is 5.85.